The van der Waals surface area contributed by atoms with Gasteiger partial charge in [-0.3, -0.25) is 9.59 Å². The third-order valence-corrected chi connectivity index (χ3v) is 6.98. The van der Waals surface area contributed by atoms with Crippen molar-refractivity contribution in [3.05, 3.63) is 85.2 Å². The van der Waals surface area contributed by atoms with Gasteiger partial charge in [0, 0.05) is 43.0 Å². The molecule has 1 unspecified atom stereocenters. The molecule has 0 spiro atoms. The zero-order valence-electron chi connectivity index (χ0n) is 19.5. The topological polar surface area (TPSA) is 64.4 Å². The van der Waals surface area contributed by atoms with E-state index in [1.807, 2.05) is 37.4 Å². The number of aromatic nitrogens is 2. The number of nitrogens with zero attached hydrogens (tertiary/aromatic N) is 3. The first-order chi connectivity index (χ1) is 15.9. The maximum Gasteiger partial charge on any atom is 0.259 e. The van der Waals surface area contributed by atoms with Gasteiger partial charge in [-0.25, -0.2) is 4.98 Å². The molecule has 3 heterocycles. The highest BCUT2D eigenvalue weighted by atomic mass is 32.1. The van der Waals surface area contributed by atoms with Gasteiger partial charge in [-0.15, -0.1) is 11.3 Å². The molecule has 3 aromatic rings. The van der Waals surface area contributed by atoms with Crippen LogP contribution in [0.5, 0.6) is 0 Å². The molecule has 1 fully saturated rings. The second-order valence-corrected chi connectivity index (χ2v) is 9.78. The van der Waals surface area contributed by atoms with Crippen LogP contribution in [0.25, 0.3) is 0 Å². The molecule has 174 valence electrons. The number of carbonyl (C=O) groups excluding carboxylic acids is 1. The van der Waals surface area contributed by atoms with Gasteiger partial charge in [-0.1, -0.05) is 30.3 Å². The van der Waals surface area contributed by atoms with Crippen LogP contribution in [-0.4, -0.2) is 40.1 Å². The van der Waals surface area contributed by atoms with Gasteiger partial charge in [-0.2, -0.15) is 0 Å². The number of amides is 1. The van der Waals surface area contributed by atoms with E-state index in [2.05, 4.69) is 21.7 Å². The van der Waals surface area contributed by atoms with E-state index < -0.39 is 0 Å². The number of thiazole rings is 1. The Morgan fingerprint density at radius 1 is 1.24 bits per heavy atom. The zero-order chi connectivity index (χ0) is 23.4. The van der Waals surface area contributed by atoms with E-state index in [-0.39, 0.29) is 23.0 Å². The first-order valence-electron chi connectivity index (χ1n) is 11.5. The highest BCUT2D eigenvalue weighted by molar-refractivity contribution is 7.09. The Bertz CT molecular complexity index is 1160. The minimum atomic E-state index is -0.255. The quantitative estimate of drug-likeness (QED) is 0.501. The van der Waals surface area contributed by atoms with E-state index in [1.54, 1.807) is 29.4 Å². The van der Waals surface area contributed by atoms with Crippen LogP contribution in [0.1, 0.15) is 50.9 Å². The van der Waals surface area contributed by atoms with Gasteiger partial charge in [0.05, 0.1) is 23.4 Å². The van der Waals surface area contributed by atoms with Crippen LogP contribution in [0.2, 0.25) is 0 Å². The van der Waals surface area contributed by atoms with Crippen molar-refractivity contribution < 1.29 is 9.53 Å². The van der Waals surface area contributed by atoms with E-state index in [0.29, 0.717) is 19.5 Å². The number of rotatable bonds is 8. The number of hydrogen-bond donors (Lipinski definition) is 0. The average Bonchev–Trinajstić information content (AvgIpc) is 3.46. The Morgan fingerprint density at radius 3 is 2.70 bits per heavy atom. The number of pyridine rings is 1. The van der Waals surface area contributed by atoms with Crippen molar-refractivity contribution >= 4 is 17.2 Å². The number of carbonyl (C=O) groups is 1. The van der Waals surface area contributed by atoms with Crippen molar-refractivity contribution in [3.8, 4) is 0 Å². The number of ether oxygens (including phenoxy) is 1. The molecule has 0 radical (unpaired) electrons. The molecule has 1 saturated heterocycles. The fourth-order valence-electron chi connectivity index (χ4n) is 4.46. The molecule has 7 heteroatoms. The molecule has 6 nitrogen and oxygen atoms in total. The third kappa shape index (κ3) is 5.60. The van der Waals surface area contributed by atoms with E-state index in [0.717, 1.165) is 48.0 Å². The molecule has 0 bridgehead atoms. The standard InChI is InChI=1S/C26H31N3O3S/c1-18-14-24(30)25(26(31)28(3)15-21-17-33-19(2)27-21)23(12-11-20-8-5-4-6-9-20)29(18)16-22-10-7-13-32-22/h4-6,8-9,14,17,22H,7,10-13,15-16H2,1-3H3. The van der Waals surface area contributed by atoms with Gasteiger partial charge in [0.25, 0.3) is 5.91 Å². The summed E-state index contributed by atoms with van der Waals surface area (Å²) in [6.45, 7) is 5.69. The van der Waals surface area contributed by atoms with Crippen LogP contribution < -0.4 is 5.43 Å². The Balaban J connectivity index is 1.69. The summed E-state index contributed by atoms with van der Waals surface area (Å²) in [4.78, 5) is 32.8. The summed E-state index contributed by atoms with van der Waals surface area (Å²) in [7, 11) is 1.74. The number of benzene rings is 1. The zero-order valence-corrected chi connectivity index (χ0v) is 20.4. The van der Waals surface area contributed by atoms with Gasteiger partial charge in [0.15, 0.2) is 5.43 Å². The van der Waals surface area contributed by atoms with E-state index in [4.69, 9.17) is 4.74 Å². The molecule has 1 atom stereocenters. The normalized spacial score (nSPS) is 15.7. The SMILES string of the molecule is Cc1nc(CN(C)C(=O)c2c(CCc3ccccc3)n(CC3CCCO3)c(C)cc2=O)cs1. The Kier molecular flexibility index (Phi) is 7.40. The van der Waals surface area contributed by atoms with Crippen LogP contribution in [0.15, 0.2) is 46.6 Å². The van der Waals surface area contributed by atoms with Crippen molar-refractivity contribution in [1.82, 2.24) is 14.5 Å². The van der Waals surface area contributed by atoms with Gasteiger partial charge in [-0.05, 0) is 45.1 Å². The molecule has 0 saturated carbocycles. The predicted octanol–water partition coefficient (Wildman–Crippen LogP) is 4.16. The first-order valence-corrected chi connectivity index (χ1v) is 12.4. The van der Waals surface area contributed by atoms with Crippen LogP contribution in [0.4, 0.5) is 0 Å². The average molecular weight is 466 g/mol. The Labute approximate surface area is 198 Å². The van der Waals surface area contributed by atoms with Gasteiger partial charge < -0.3 is 14.2 Å². The fraction of sp³-hybridized carbons (Fsp3) is 0.423. The smallest absolute Gasteiger partial charge is 0.259 e. The summed E-state index contributed by atoms with van der Waals surface area (Å²) in [5.74, 6) is -0.255. The van der Waals surface area contributed by atoms with Gasteiger partial charge in [0.2, 0.25) is 0 Å². The van der Waals surface area contributed by atoms with Crippen molar-refractivity contribution in [2.45, 2.75) is 58.7 Å². The lowest BCUT2D eigenvalue weighted by Gasteiger charge is -2.24. The fourth-order valence-corrected chi connectivity index (χ4v) is 5.06. The highest BCUT2D eigenvalue weighted by Gasteiger charge is 2.25. The molecule has 4 rings (SSSR count). The molecule has 1 aliphatic rings. The summed E-state index contributed by atoms with van der Waals surface area (Å²) in [6.07, 6.45) is 3.52. The van der Waals surface area contributed by atoms with Gasteiger partial charge in [0.1, 0.15) is 5.56 Å². The van der Waals surface area contributed by atoms with Gasteiger partial charge >= 0.3 is 0 Å². The molecular formula is C26H31N3O3S. The minimum Gasteiger partial charge on any atom is -0.376 e. The first kappa shape index (κ1) is 23.4. The molecular weight excluding hydrogens is 434 g/mol. The monoisotopic (exact) mass is 465 g/mol. The van der Waals surface area contributed by atoms with Crippen LogP contribution >= 0.6 is 11.3 Å². The summed E-state index contributed by atoms with van der Waals surface area (Å²) >= 11 is 1.56. The molecule has 0 N–H and O–H groups in total. The summed E-state index contributed by atoms with van der Waals surface area (Å²) < 4.78 is 8.02. The van der Waals surface area contributed by atoms with E-state index in [1.165, 1.54) is 5.56 Å². The van der Waals surface area contributed by atoms with E-state index in [9.17, 15) is 9.59 Å². The predicted molar refractivity (Wildman–Crippen MR) is 131 cm³/mol. The lowest BCUT2D eigenvalue weighted by Crippen LogP contribution is -2.35. The molecule has 1 aromatic carbocycles. The van der Waals surface area contributed by atoms with Crippen LogP contribution in [0.3, 0.4) is 0 Å². The summed E-state index contributed by atoms with van der Waals surface area (Å²) in [5.41, 5.74) is 3.73. The van der Waals surface area contributed by atoms with Crippen LogP contribution in [-0.2, 0) is 30.7 Å². The van der Waals surface area contributed by atoms with Crippen molar-refractivity contribution in [1.29, 1.82) is 0 Å². The molecule has 0 aliphatic carbocycles. The van der Waals surface area contributed by atoms with Crippen LogP contribution in [0, 0.1) is 13.8 Å². The molecule has 1 amide bonds. The summed E-state index contributed by atoms with van der Waals surface area (Å²) in [5, 5.41) is 2.92. The number of hydrogen-bond acceptors (Lipinski definition) is 5. The molecule has 2 aromatic heterocycles. The lowest BCUT2D eigenvalue weighted by atomic mass is 10.0. The van der Waals surface area contributed by atoms with Crippen molar-refractivity contribution in [2.24, 2.45) is 0 Å². The molecule has 1 aliphatic heterocycles. The molecule has 33 heavy (non-hydrogen) atoms. The Morgan fingerprint density at radius 2 is 2.03 bits per heavy atom. The number of aryl methyl sites for hydroxylation is 3. The second-order valence-electron chi connectivity index (χ2n) is 8.72. The lowest BCUT2D eigenvalue weighted by molar-refractivity contribution is 0.0776. The maximum atomic E-state index is 13.6. The van der Waals surface area contributed by atoms with E-state index >= 15 is 0 Å². The minimum absolute atomic E-state index is 0.111. The summed E-state index contributed by atoms with van der Waals surface area (Å²) in [6, 6.07) is 11.8. The van der Waals surface area contributed by atoms with Crippen molar-refractivity contribution in [2.75, 3.05) is 13.7 Å². The second kappa shape index (κ2) is 10.4. The maximum absolute atomic E-state index is 13.6. The highest BCUT2D eigenvalue weighted by Crippen LogP contribution is 2.20. The Hall–Kier alpha value is -2.77. The largest absolute Gasteiger partial charge is 0.376 e. The third-order valence-electron chi connectivity index (χ3n) is 6.16. The van der Waals surface area contributed by atoms with Crippen molar-refractivity contribution in [3.63, 3.8) is 0 Å².